The molecule has 1 aromatic heterocycles. The van der Waals surface area contributed by atoms with Crippen molar-refractivity contribution < 1.29 is 9.47 Å². The molecule has 0 saturated heterocycles. The topological polar surface area (TPSA) is 69.2 Å². The van der Waals surface area contributed by atoms with Crippen molar-refractivity contribution in [2.24, 2.45) is 0 Å². The van der Waals surface area contributed by atoms with Crippen LogP contribution in [0.5, 0.6) is 11.6 Å². The lowest BCUT2D eigenvalue weighted by molar-refractivity contribution is 0.221. The van der Waals surface area contributed by atoms with Gasteiger partial charge in [0, 0.05) is 17.0 Å². The number of benzene rings is 3. The number of aromatic nitrogens is 3. The van der Waals surface area contributed by atoms with Gasteiger partial charge in [0.1, 0.15) is 5.75 Å². The Bertz CT molecular complexity index is 1260. The van der Waals surface area contributed by atoms with Crippen LogP contribution in [0.1, 0.15) is 31.6 Å². The van der Waals surface area contributed by atoms with E-state index >= 15 is 0 Å². The van der Waals surface area contributed by atoms with Gasteiger partial charge in [0.25, 0.3) is 0 Å². The smallest absolute Gasteiger partial charge is 0.247 e. The van der Waals surface area contributed by atoms with Crippen molar-refractivity contribution in [3.8, 4) is 22.9 Å². The van der Waals surface area contributed by atoms with Crippen LogP contribution in [0.25, 0.3) is 22.0 Å². The second kappa shape index (κ2) is 9.04. The molecule has 5 rings (SSSR count). The second-order valence-corrected chi connectivity index (χ2v) is 8.60. The van der Waals surface area contributed by atoms with E-state index < -0.39 is 6.23 Å². The molecule has 4 aromatic rings. The summed E-state index contributed by atoms with van der Waals surface area (Å²) in [5, 5.41) is 15.2. The summed E-state index contributed by atoms with van der Waals surface area (Å²) in [5.41, 5.74) is 3.38. The fourth-order valence-electron chi connectivity index (χ4n) is 3.87. The molecular formula is C25H24N4O2S. The first kappa shape index (κ1) is 20.6. The van der Waals surface area contributed by atoms with Crippen LogP contribution in [-0.2, 0) is 0 Å². The van der Waals surface area contributed by atoms with Crippen LogP contribution in [0, 0.1) is 0 Å². The molecule has 2 heterocycles. The number of nitrogens with zero attached hydrogens (tertiary/aromatic N) is 3. The summed E-state index contributed by atoms with van der Waals surface area (Å²) in [6, 6.07) is 20.3. The molecule has 1 unspecified atom stereocenters. The molecule has 0 amide bonds. The SMILES string of the molecule is CCCCSc1nnc2c(n1)OC(c1c(OC)ccc3ccccc13)Nc1ccccc1-2. The number of hydrogen-bond donors (Lipinski definition) is 1. The Hall–Kier alpha value is -3.32. The fraction of sp³-hybridized carbons (Fsp3) is 0.240. The molecule has 6 nitrogen and oxygen atoms in total. The van der Waals surface area contributed by atoms with Crippen LogP contribution in [0.2, 0.25) is 0 Å². The normalized spacial score (nSPS) is 14.6. The molecule has 1 atom stereocenters. The largest absolute Gasteiger partial charge is 0.496 e. The molecule has 162 valence electrons. The van der Waals surface area contributed by atoms with Crippen molar-refractivity contribution >= 4 is 28.2 Å². The molecule has 3 aromatic carbocycles. The summed E-state index contributed by atoms with van der Waals surface area (Å²) >= 11 is 1.60. The van der Waals surface area contributed by atoms with E-state index in [1.807, 2.05) is 42.5 Å². The monoisotopic (exact) mass is 444 g/mol. The van der Waals surface area contributed by atoms with Crippen molar-refractivity contribution in [3.05, 3.63) is 66.2 Å². The Labute approximate surface area is 191 Å². The van der Waals surface area contributed by atoms with Crippen LogP contribution in [0.15, 0.2) is 65.8 Å². The third-order valence-corrected chi connectivity index (χ3v) is 6.40. The predicted molar refractivity (Wildman–Crippen MR) is 128 cm³/mol. The molecule has 0 aliphatic carbocycles. The minimum Gasteiger partial charge on any atom is -0.496 e. The van der Waals surface area contributed by atoms with E-state index in [2.05, 4.69) is 40.6 Å². The fourth-order valence-corrected chi connectivity index (χ4v) is 4.73. The van der Waals surface area contributed by atoms with Gasteiger partial charge in [-0.3, -0.25) is 0 Å². The second-order valence-electron chi connectivity index (χ2n) is 7.54. The first-order valence-corrected chi connectivity index (χ1v) is 11.7. The van der Waals surface area contributed by atoms with E-state index in [1.54, 1.807) is 18.9 Å². The van der Waals surface area contributed by atoms with Gasteiger partial charge < -0.3 is 14.8 Å². The summed E-state index contributed by atoms with van der Waals surface area (Å²) in [6.45, 7) is 2.17. The van der Waals surface area contributed by atoms with E-state index in [4.69, 9.17) is 14.5 Å². The summed E-state index contributed by atoms with van der Waals surface area (Å²) < 4.78 is 12.2. The van der Waals surface area contributed by atoms with Gasteiger partial charge in [0.2, 0.25) is 17.3 Å². The van der Waals surface area contributed by atoms with Gasteiger partial charge in [-0.2, -0.15) is 4.98 Å². The number of fused-ring (bicyclic) bond motifs is 4. The van der Waals surface area contributed by atoms with Crippen LogP contribution in [0.4, 0.5) is 5.69 Å². The first-order valence-electron chi connectivity index (χ1n) is 10.7. The number of para-hydroxylation sites is 1. The number of rotatable bonds is 6. The minimum absolute atomic E-state index is 0.469. The number of unbranched alkanes of at least 4 members (excludes halogenated alkanes) is 1. The van der Waals surface area contributed by atoms with Crippen molar-refractivity contribution in [3.63, 3.8) is 0 Å². The molecule has 0 spiro atoms. The number of thioether (sulfide) groups is 1. The maximum absolute atomic E-state index is 6.50. The highest BCUT2D eigenvalue weighted by Crippen LogP contribution is 2.43. The summed E-state index contributed by atoms with van der Waals surface area (Å²) in [7, 11) is 1.68. The standard InChI is InChI=1S/C25H24N4O2S/c1-3-4-15-32-25-27-24-22(28-29-25)18-11-7-8-12-19(18)26-23(31-24)21-17-10-6-5-9-16(17)13-14-20(21)30-2/h5-14,23,26H,3-4,15H2,1-2H3. The summed E-state index contributed by atoms with van der Waals surface area (Å²) in [6.07, 6.45) is 1.72. The number of nitrogens with one attached hydrogen (secondary N) is 1. The van der Waals surface area contributed by atoms with Gasteiger partial charge in [-0.15, -0.1) is 10.2 Å². The van der Waals surface area contributed by atoms with Crippen molar-refractivity contribution in [2.45, 2.75) is 31.1 Å². The summed E-state index contributed by atoms with van der Waals surface area (Å²) in [5.74, 6) is 2.17. The molecular weight excluding hydrogens is 420 g/mol. The van der Waals surface area contributed by atoms with Gasteiger partial charge in [-0.25, -0.2) is 0 Å². The number of ether oxygens (including phenoxy) is 2. The number of anilines is 1. The zero-order valence-corrected chi connectivity index (χ0v) is 18.9. The van der Waals surface area contributed by atoms with E-state index in [0.717, 1.165) is 51.9 Å². The average molecular weight is 445 g/mol. The van der Waals surface area contributed by atoms with E-state index in [0.29, 0.717) is 16.7 Å². The Morgan fingerprint density at radius 2 is 1.88 bits per heavy atom. The van der Waals surface area contributed by atoms with Crippen LogP contribution >= 0.6 is 11.8 Å². The highest BCUT2D eigenvalue weighted by molar-refractivity contribution is 7.99. The van der Waals surface area contributed by atoms with Gasteiger partial charge in [-0.1, -0.05) is 73.6 Å². The van der Waals surface area contributed by atoms with E-state index in [-0.39, 0.29) is 0 Å². The molecule has 0 bridgehead atoms. The molecule has 1 aliphatic rings. The number of hydrogen-bond acceptors (Lipinski definition) is 7. The molecule has 1 N–H and O–H groups in total. The predicted octanol–water partition coefficient (Wildman–Crippen LogP) is 6.10. The van der Waals surface area contributed by atoms with Crippen LogP contribution in [-0.4, -0.2) is 28.0 Å². The molecule has 32 heavy (non-hydrogen) atoms. The Kier molecular flexibility index (Phi) is 5.81. The molecule has 0 radical (unpaired) electrons. The van der Waals surface area contributed by atoms with Crippen molar-refractivity contribution in [1.29, 1.82) is 0 Å². The molecule has 1 aliphatic heterocycles. The Balaban J connectivity index is 1.65. The number of methoxy groups -OCH3 is 1. The van der Waals surface area contributed by atoms with Crippen LogP contribution < -0.4 is 14.8 Å². The lowest BCUT2D eigenvalue weighted by atomic mass is 10.0. The highest BCUT2D eigenvalue weighted by atomic mass is 32.2. The Morgan fingerprint density at radius 1 is 1.03 bits per heavy atom. The van der Waals surface area contributed by atoms with Gasteiger partial charge in [-0.05, 0) is 29.3 Å². The Morgan fingerprint density at radius 3 is 2.75 bits per heavy atom. The van der Waals surface area contributed by atoms with E-state index in [1.165, 1.54) is 0 Å². The third-order valence-electron chi connectivity index (χ3n) is 5.48. The molecule has 0 saturated carbocycles. The minimum atomic E-state index is -0.511. The quantitative estimate of drug-likeness (QED) is 0.285. The van der Waals surface area contributed by atoms with Crippen molar-refractivity contribution in [1.82, 2.24) is 15.2 Å². The zero-order chi connectivity index (χ0) is 21.9. The zero-order valence-electron chi connectivity index (χ0n) is 18.0. The maximum atomic E-state index is 6.50. The third kappa shape index (κ3) is 3.84. The lowest BCUT2D eigenvalue weighted by Crippen LogP contribution is -2.18. The highest BCUT2D eigenvalue weighted by Gasteiger charge is 2.29. The average Bonchev–Trinajstić information content (AvgIpc) is 2.99. The van der Waals surface area contributed by atoms with Gasteiger partial charge >= 0.3 is 0 Å². The summed E-state index contributed by atoms with van der Waals surface area (Å²) in [4.78, 5) is 4.74. The van der Waals surface area contributed by atoms with Crippen molar-refractivity contribution in [2.75, 3.05) is 18.2 Å². The van der Waals surface area contributed by atoms with Gasteiger partial charge in [0.05, 0.1) is 12.7 Å². The molecule has 7 heteroatoms. The van der Waals surface area contributed by atoms with E-state index in [9.17, 15) is 0 Å². The maximum Gasteiger partial charge on any atom is 0.247 e. The lowest BCUT2D eigenvalue weighted by Gasteiger charge is -2.23. The van der Waals surface area contributed by atoms with Gasteiger partial charge in [0.15, 0.2) is 5.69 Å². The molecule has 0 fully saturated rings. The first-order chi connectivity index (χ1) is 15.8. The van der Waals surface area contributed by atoms with Crippen LogP contribution in [0.3, 0.4) is 0 Å².